The molecule has 2 rings (SSSR count). The maximum absolute atomic E-state index is 12.4. The summed E-state index contributed by atoms with van der Waals surface area (Å²) in [5, 5.41) is 20.4. The minimum absolute atomic E-state index is 0.0866. The summed E-state index contributed by atoms with van der Waals surface area (Å²) in [5.74, 6) is -2.28. The smallest absolute Gasteiger partial charge is 0.394 e. The van der Waals surface area contributed by atoms with Gasteiger partial charge in [0.2, 0.25) is 0 Å². The zero-order chi connectivity index (χ0) is 19.6. The van der Waals surface area contributed by atoms with E-state index in [1.165, 1.54) is 6.92 Å². The number of nitrogens with one attached hydrogen (secondary N) is 2. The van der Waals surface area contributed by atoms with Gasteiger partial charge in [0.25, 0.3) is 5.56 Å². The Labute approximate surface area is 143 Å². The lowest BCUT2D eigenvalue weighted by Gasteiger charge is -2.16. The summed E-state index contributed by atoms with van der Waals surface area (Å²) in [6.45, 7) is 0.781. The van der Waals surface area contributed by atoms with E-state index in [2.05, 4.69) is 0 Å². The first-order valence-electron chi connectivity index (χ1n) is 7.43. The molecule has 1 aliphatic rings. The first-order chi connectivity index (χ1) is 12.1. The number of alkyl halides is 3. The molecule has 2 heterocycles. The Morgan fingerprint density at radius 3 is 2.65 bits per heavy atom. The molecule has 4 N–H and O–H groups in total. The number of carbonyl (C=O) groups is 1. The Morgan fingerprint density at radius 2 is 2.15 bits per heavy atom. The van der Waals surface area contributed by atoms with Gasteiger partial charge in [-0.25, -0.2) is 4.79 Å². The average Bonchev–Trinajstić information content (AvgIpc) is 2.92. The summed E-state index contributed by atoms with van der Waals surface area (Å²) in [4.78, 5) is 36.9. The summed E-state index contributed by atoms with van der Waals surface area (Å²) in [6.07, 6.45) is -6.35. The van der Waals surface area contributed by atoms with Crippen molar-refractivity contribution in [3.8, 4) is 0 Å². The molecule has 1 fully saturated rings. The second kappa shape index (κ2) is 7.43. The van der Waals surface area contributed by atoms with E-state index in [1.54, 1.807) is 5.32 Å². The van der Waals surface area contributed by atoms with Crippen LogP contribution in [0, 0.1) is 0 Å². The van der Waals surface area contributed by atoms with Crippen molar-refractivity contribution in [1.82, 2.24) is 14.9 Å². The Morgan fingerprint density at radius 1 is 1.50 bits per heavy atom. The fourth-order valence-electron chi connectivity index (χ4n) is 2.43. The maximum atomic E-state index is 12.4. The topological polar surface area (TPSA) is 134 Å². The molecule has 0 radical (unpaired) electrons. The molecule has 0 aliphatic carbocycles. The average molecular weight is 379 g/mol. The van der Waals surface area contributed by atoms with Gasteiger partial charge in [-0.2, -0.15) is 13.2 Å². The van der Waals surface area contributed by atoms with Crippen LogP contribution >= 0.6 is 0 Å². The number of hydrogen-bond acceptors (Lipinski definition) is 6. The molecule has 144 valence electrons. The van der Waals surface area contributed by atoms with Crippen LogP contribution in [0.1, 0.15) is 25.1 Å². The molecule has 1 aromatic rings. The number of nitrogens with zero attached hydrogens (tertiary/aromatic N) is 1. The SMILES string of the molecule is C/C=C(/NC(=O)C(F)(F)F)c1cn([C@H]2C[C@H](O)[C@@H](CO)O2)c(=O)[nH]c1=O. The summed E-state index contributed by atoms with van der Waals surface area (Å²) in [5.41, 5.74) is -2.80. The van der Waals surface area contributed by atoms with E-state index in [4.69, 9.17) is 9.84 Å². The Kier molecular flexibility index (Phi) is 5.68. The van der Waals surface area contributed by atoms with Gasteiger partial charge in [-0.3, -0.25) is 19.1 Å². The second-order valence-corrected chi connectivity index (χ2v) is 5.48. The third-order valence-electron chi connectivity index (χ3n) is 3.75. The first-order valence-corrected chi connectivity index (χ1v) is 7.43. The number of H-pyrrole nitrogens is 1. The predicted octanol–water partition coefficient (Wildman–Crippen LogP) is -0.783. The quantitative estimate of drug-likeness (QED) is 0.542. The zero-order valence-corrected chi connectivity index (χ0v) is 13.4. The minimum atomic E-state index is -5.16. The molecular weight excluding hydrogens is 363 g/mol. The van der Waals surface area contributed by atoms with Crippen molar-refractivity contribution in [2.24, 2.45) is 0 Å². The van der Waals surface area contributed by atoms with Crippen LogP contribution in [-0.2, 0) is 9.53 Å². The van der Waals surface area contributed by atoms with Crippen LogP contribution < -0.4 is 16.6 Å². The molecule has 1 aliphatic heterocycles. The zero-order valence-electron chi connectivity index (χ0n) is 13.4. The Hall–Kier alpha value is -2.44. The van der Waals surface area contributed by atoms with Crippen LogP contribution in [0.3, 0.4) is 0 Å². The third-order valence-corrected chi connectivity index (χ3v) is 3.75. The second-order valence-electron chi connectivity index (χ2n) is 5.48. The highest BCUT2D eigenvalue weighted by Gasteiger charge is 2.39. The van der Waals surface area contributed by atoms with E-state index in [0.29, 0.717) is 0 Å². The highest BCUT2D eigenvalue weighted by atomic mass is 19.4. The molecule has 0 saturated carbocycles. The van der Waals surface area contributed by atoms with Gasteiger partial charge >= 0.3 is 17.8 Å². The van der Waals surface area contributed by atoms with Gasteiger partial charge in [0.1, 0.15) is 12.3 Å². The molecule has 1 aromatic heterocycles. The number of aromatic amines is 1. The highest BCUT2D eigenvalue weighted by Crippen LogP contribution is 2.27. The monoisotopic (exact) mass is 379 g/mol. The first kappa shape index (κ1) is 19.9. The van der Waals surface area contributed by atoms with E-state index < -0.39 is 59.6 Å². The molecule has 0 bridgehead atoms. The van der Waals surface area contributed by atoms with Gasteiger partial charge in [-0.15, -0.1) is 0 Å². The predicted molar refractivity (Wildman–Crippen MR) is 80.8 cm³/mol. The number of aromatic nitrogens is 2. The van der Waals surface area contributed by atoms with E-state index >= 15 is 0 Å². The molecule has 26 heavy (non-hydrogen) atoms. The van der Waals surface area contributed by atoms with Gasteiger partial charge in [-0.05, 0) is 6.92 Å². The van der Waals surface area contributed by atoms with Crippen molar-refractivity contribution in [2.75, 3.05) is 6.61 Å². The maximum Gasteiger partial charge on any atom is 0.471 e. The van der Waals surface area contributed by atoms with Crippen LogP contribution in [0.2, 0.25) is 0 Å². The third kappa shape index (κ3) is 4.03. The number of rotatable bonds is 4. The van der Waals surface area contributed by atoms with E-state index in [-0.39, 0.29) is 6.42 Å². The fraction of sp³-hybridized carbons (Fsp3) is 0.500. The molecule has 0 unspecified atom stereocenters. The number of aliphatic hydroxyl groups is 2. The Bertz CT molecular complexity index is 828. The number of aliphatic hydroxyl groups excluding tert-OH is 2. The Balaban J connectivity index is 2.40. The normalized spacial score (nSPS) is 23.9. The van der Waals surface area contributed by atoms with Crippen LogP contribution in [0.5, 0.6) is 0 Å². The van der Waals surface area contributed by atoms with Crippen LogP contribution in [0.25, 0.3) is 5.70 Å². The number of amides is 1. The van der Waals surface area contributed by atoms with Gasteiger partial charge in [0, 0.05) is 12.6 Å². The summed E-state index contributed by atoms with van der Waals surface area (Å²) >= 11 is 0. The largest absolute Gasteiger partial charge is 0.471 e. The molecule has 12 heteroatoms. The van der Waals surface area contributed by atoms with E-state index in [9.17, 15) is 32.7 Å². The van der Waals surface area contributed by atoms with Crippen LogP contribution in [0.4, 0.5) is 13.2 Å². The van der Waals surface area contributed by atoms with Gasteiger partial charge in [-0.1, -0.05) is 6.08 Å². The molecule has 1 saturated heterocycles. The molecule has 0 aromatic carbocycles. The molecule has 0 spiro atoms. The number of halogens is 3. The lowest BCUT2D eigenvalue weighted by Crippen LogP contribution is -2.39. The van der Waals surface area contributed by atoms with Crippen molar-refractivity contribution in [1.29, 1.82) is 0 Å². The number of allylic oxidation sites excluding steroid dienone is 1. The van der Waals surface area contributed by atoms with Gasteiger partial charge in [0.05, 0.1) is 24.0 Å². The standard InChI is InChI=1S/C14H16F3N3O6/c1-2-7(18-12(24)14(15,16)17)6-4-20(13(25)19-11(6)23)10-3-8(22)9(5-21)26-10/h2,4,8-10,21-22H,3,5H2,1H3,(H,18,24)(H,19,23,25)/b7-2+/t8-,9+,10+/m0/s1. The van der Waals surface area contributed by atoms with E-state index in [0.717, 1.165) is 16.8 Å². The molecule has 1 amide bonds. The van der Waals surface area contributed by atoms with Crippen molar-refractivity contribution >= 4 is 11.6 Å². The van der Waals surface area contributed by atoms with Crippen LogP contribution in [-0.4, -0.2) is 50.7 Å². The number of ether oxygens (including phenoxy) is 1. The van der Waals surface area contributed by atoms with Crippen molar-refractivity contribution < 1.29 is 32.9 Å². The molecule has 3 atom stereocenters. The number of hydrogen-bond donors (Lipinski definition) is 4. The minimum Gasteiger partial charge on any atom is -0.394 e. The lowest BCUT2D eigenvalue weighted by atomic mass is 10.2. The molecule has 9 nitrogen and oxygen atoms in total. The van der Waals surface area contributed by atoms with Crippen molar-refractivity contribution in [3.05, 3.63) is 38.7 Å². The van der Waals surface area contributed by atoms with Crippen molar-refractivity contribution in [3.63, 3.8) is 0 Å². The van der Waals surface area contributed by atoms with Crippen molar-refractivity contribution in [2.45, 2.75) is 38.0 Å². The highest BCUT2D eigenvalue weighted by molar-refractivity contribution is 5.90. The molecular formula is C14H16F3N3O6. The lowest BCUT2D eigenvalue weighted by molar-refractivity contribution is -0.172. The fourth-order valence-corrected chi connectivity index (χ4v) is 2.43. The summed E-state index contributed by atoms with van der Waals surface area (Å²) in [7, 11) is 0. The van der Waals surface area contributed by atoms with E-state index in [1.807, 2.05) is 4.98 Å². The number of carbonyl (C=O) groups excluding carboxylic acids is 1. The van der Waals surface area contributed by atoms with Gasteiger partial charge in [0.15, 0.2) is 0 Å². The van der Waals surface area contributed by atoms with Crippen LogP contribution in [0.15, 0.2) is 21.9 Å². The summed E-state index contributed by atoms with van der Waals surface area (Å²) in [6, 6.07) is 0. The van der Waals surface area contributed by atoms with Gasteiger partial charge < -0.3 is 20.3 Å². The summed E-state index contributed by atoms with van der Waals surface area (Å²) < 4.78 is 43.4.